The predicted octanol–water partition coefficient (Wildman–Crippen LogP) is 4.46. The number of amides is 2. The number of methoxy groups -OCH3 is 1. The number of hydrogen-bond acceptors (Lipinski definition) is 5. The number of rotatable bonds is 6. The van der Waals surface area contributed by atoms with Gasteiger partial charge in [-0.25, -0.2) is 4.79 Å². The van der Waals surface area contributed by atoms with Crippen LogP contribution in [0.25, 0.3) is 0 Å². The van der Waals surface area contributed by atoms with E-state index in [4.69, 9.17) is 9.47 Å². The van der Waals surface area contributed by atoms with E-state index >= 15 is 0 Å². The quantitative estimate of drug-likeness (QED) is 0.619. The number of hydrogen-bond donors (Lipinski definition) is 1. The molecule has 3 atom stereocenters. The number of nitrogens with one attached hydrogen (secondary N) is 1. The van der Waals surface area contributed by atoms with E-state index in [9.17, 15) is 14.4 Å². The molecule has 3 unspecified atom stereocenters. The Morgan fingerprint density at radius 1 is 1.15 bits per heavy atom. The van der Waals surface area contributed by atoms with Crippen molar-refractivity contribution in [3.63, 3.8) is 0 Å². The summed E-state index contributed by atoms with van der Waals surface area (Å²) in [6.45, 7) is 8.91. The summed E-state index contributed by atoms with van der Waals surface area (Å²) in [6, 6.07) is -0.350. The first-order valence-electron chi connectivity index (χ1n) is 12.3. The van der Waals surface area contributed by atoms with E-state index in [2.05, 4.69) is 11.4 Å². The van der Waals surface area contributed by atoms with E-state index < -0.39 is 0 Å². The lowest BCUT2D eigenvalue weighted by molar-refractivity contribution is -0.127. The number of ether oxygens (including phenoxy) is 2. The van der Waals surface area contributed by atoms with Gasteiger partial charge in [0, 0.05) is 36.5 Å². The first-order chi connectivity index (χ1) is 16.2. The fraction of sp³-hybridized carbons (Fsp3) is 0.593. The highest BCUT2D eigenvalue weighted by Crippen LogP contribution is 2.31. The molecule has 7 heteroatoms. The van der Waals surface area contributed by atoms with E-state index in [1.54, 1.807) is 18.9 Å². The van der Waals surface area contributed by atoms with Crippen LogP contribution in [0.3, 0.4) is 0 Å². The number of Topliss-reactive ketones (excluding diaryl/α,β-unsaturated/α-hetero) is 1. The third-order valence-electron chi connectivity index (χ3n) is 7.00. The number of nitrogens with zero attached hydrogens (tertiary/aromatic N) is 1. The largest absolute Gasteiger partial charge is 0.497 e. The zero-order valence-corrected chi connectivity index (χ0v) is 21.1. The molecule has 1 fully saturated rings. The maximum atomic E-state index is 13.7. The third kappa shape index (κ3) is 5.99. The fourth-order valence-corrected chi connectivity index (χ4v) is 5.30. The summed E-state index contributed by atoms with van der Waals surface area (Å²) in [6.07, 6.45) is 8.85. The van der Waals surface area contributed by atoms with Gasteiger partial charge in [-0.15, -0.1) is 0 Å². The van der Waals surface area contributed by atoms with E-state index in [-0.39, 0.29) is 35.7 Å². The summed E-state index contributed by atoms with van der Waals surface area (Å²) in [5.74, 6) is 0.129. The number of likely N-dealkylation sites (tertiary alicyclic amines) is 1. The molecule has 0 aromatic rings. The maximum absolute atomic E-state index is 13.7. The van der Waals surface area contributed by atoms with Crippen LogP contribution in [0, 0.1) is 11.8 Å². The minimum absolute atomic E-state index is 0.134. The molecule has 1 N–H and O–H groups in total. The molecule has 2 amide bonds. The van der Waals surface area contributed by atoms with Crippen molar-refractivity contribution in [2.45, 2.75) is 65.8 Å². The van der Waals surface area contributed by atoms with Crippen molar-refractivity contribution in [1.82, 2.24) is 10.2 Å². The van der Waals surface area contributed by atoms with Gasteiger partial charge in [0.25, 0.3) is 0 Å². The zero-order valence-electron chi connectivity index (χ0n) is 21.1. The van der Waals surface area contributed by atoms with Crippen LogP contribution in [0.4, 0.5) is 4.79 Å². The molecule has 1 aliphatic heterocycles. The predicted molar refractivity (Wildman–Crippen MR) is 131 cm³/mol. The summed E-state index contributed by atoms with van der Waals surface area (Å²) in [7, 11) is 1.61. The molecule has 0 radical (unpaired) electrons. The summed E-state index contributed by atoms with van der Waals surface area (Å²) in [5, 5.41) is 3.17. The number of carbonyl (C=O) groups is 3. The van der Waals surface area contributed by atoms with Crippen molar-refractivity contribution >= 4 is 17.8 Å². The fourth-order valence-electron chi connectivity index (χ4n) is 5.30. The smallest absolute Gasteiger partial charge is 0.409 e. The summed E-state index contributed by atoms with van der Waals surface area (Å²) >= 11 is 0. The summed E-state index contributed by atoms with van der Waals surface area (Å²) in [4.78, 5) is 41.1. The van der Waals surface area contributed by atoms with Crippen LogP contribution < -0.4 is 5.32 Å². The van der Waals surface area contributed by atoms with Crippen molar-refractivity contribution in [3.05, 3.63) is 46.3 Å². The van der Waals surface area contributed by atoms with E-state index in [0.29, 0.717) is 51.0 Å². The van der Waals surface area contributed by atoms with Crippen LogP contribution in [-0.4, -0.2) is 55.5 Å². The van der Waals surface area contributed by atoms with Crippen LogP contribution >= 0.6 is 0 Å². The summed E-state index contributed by atoms with van der Waals surface area (Å²) in [5.41, 5.74) is 3.81. The average Bonchev–Trinajstić information content (AvgIpc) is 3.01. The van der Waals surface area contributed by atoms with Crippen LogP contribution in [0.15, 0.2) is 46.3 Å². The normalized spacial score (nSPS) is 25.5. The standard InChI is InChI=1S/C27H38N2O5/c1-6-34-27(32)29-12-10-22(25(30)20-15-17(2)14-18(3)16-20)23(11-13-29)28-26(31)21-8-7-9-24(33-5)19(21)4/h9,14-15,20,22-23H,6-8,10-13,16H2,1-5H3,(H,28,31). The molecule has 0 saturated carbocycles. The highest BCUT2D eigenvalue weighted by Gasteiger charge is 2.37. The zero-order chi connectivity index (χ0) is 24.8. The molecule has 1 saturated heterocycles. The number of carbonyl (C=O) groups excluding carboxylic acids is 3. The average molecular weight is 471 g/mol. The van der Waals surface area contributed by atoms with Gasteiger partial charge in [0.15, 0.2) is 0 Å². The Balaban J connectivity index is 1.84. The van der Waals surface area contributed by atoms with Gasteiger partial charge >= 0.3 is 6.09 Å². The Bertz CT molecular complexity index is 943. The molecule has 0 aromatic heterocycles. The lowest BCUT2D eigenvalue weighted by atomic mass is 9.79. The first-order valence-corrected chi connectivity index (χ1v) is 12.3. The van der Waals surface area contributed by atoms with Gasteiger partial charge in [-0.1, -0.05) is 23.3 Å². The minimum Gasteiger partial charge on any atom is -0.497 e. The molecule has 0 aromatic carbocycles. The lowest BCUT2D eigenvalue weighted by Gasteiger charge is -2.29. The SMILES string of the molecule is CCOC(=O)N1CCC(NC(=O)C2=C(C)C(OC)=CCC2)C(C(=O)C2C=C(C)C=C(C)C2)CC1. The summed E-state index contributed by atoms with van der Waals surface area (Å²) < 4.78 is 10.6. The lowest BCUT2D eigenvalue weighted by Crippen LogP contribution is -2.45. The Kier molecular flexibility index (Phi) is 8.75. The van der Waals surface area contributed by atoms with Gasteiger partial charge in [0.1, 0.15) is 11.5 Å². The molecule has 34 heavy (non-hydrogen) atoms. The molecule has 3 aliphatic rings. The van der Waals surface area contributed by atoms with Crippen LogP contribution in [-0.2, 0) is 19.1 Å². The van der Waals surface area contributed by atoms with Gasteiger partial charge < -0.3 is 19.7 Å². The Hall–Kier alpha value is -2.83. The van der Waals surface area contributed by atoms with Gasteiger partial charge in [0.05, 0.1) is 13.7 Å². The van der Waals surface area contributed by atoms with Crippen molar-refractivity contribution in [1.29, 1.82) is 0 Å². The molecular formula is C27H38N2O5. The van der Waals surface area contributed by atoms with Crippen molar-refractivity contribution in [2.75, 3.05) is 26.8 Å². The van der Waals surface area contributed by atoms with E-state index in [1.165, 1.54) is 5.57 Å². The van der Waals surface area contributed by atoms with Crippen LogP contribution in [0.1, 0.15) is 59.8 Å². The molecule has 7 nitrogen and oxygen atoms in total. The number of ketones is 1. The van der Waals surface area contributed by atoms with Crippen LogP contribution in [0.2, 0.25) is 0 Å². The van der Waals surface area contributed by atoms with Crippen LogP contribution in [0.5, 0.6) is 0 Å². The van der Waals surface area contributed by atoms with Gasteiger partial charge in [-0.3, -0.25) is 9.59 Å². The molecule has 2 aliphatic carbocycles. The maximum Gasteiger partial charge on any atom is 0.409 e. The highest BCUT2D eigenvalue weighted by atomic mass is 16.6. The topological polar surface area (TPSA) is 84.9 Å². The van der Waals surface area contributed by atoms with Gasteiger partial charge in [-0.05, 0) is 71.4 Å². The van der Waals surface area contributed by atoms with E-state index in [1.807, 2.05) is 32.9 Å². The van der Waals surface area contributed by atoms with Crippen molar-refractivity contribution in [3.8, 4) is 0 Å². The minimum atomic E-state index is -0.370. The highest BCUT2D eigenvalue weighted by molar-refractivity contribution is 5.96. The van der Waals surface area contributed by atoms with E-state index in [0.717, 1.165) is 23.3 Å². The monoisotopic (exact) mass is 470 g/mol. The molecular weight excluding hydrogens is 432 g/mol. The second-order valence-corrected chi connectivity index (χ2v) is 9.48. The second kappa shape index (κ2) is 11.5. The Labute approximate surface area is 202 Å². The third-order valence-corrected chi connectivity index (χ3v) is 7.00. The second-order valence-electron chi connectivity index (χ2n) is 9.48. The Morgan fingerprint density at radius 2 is 1.88 bits per heavy atom. The van der Waals surface area contributed by atoms with Gasteiger partial charge in [-0.2, -0.15) is 0 Å². The van der Waals surface area contributed by atoms with Crippen molar-refractivity contribution < 1.29 is 23.9 Å². The molecule has 0 spiro atoms. The van der Waals surface area contributed by atoms with Crippen molar-refractivity contribution in [2.24, 2.45) is 11.8 Å². The Morgan fingerprint density at radius 3 is 2.56 bits per heavy atom. The molecule has 0 bridgehead atoms. The molecule has 3 rings (SSSR count). The molecule has 186 valence electrons. The molecule has 1 heterocycles. The number of allylic oxidation sites excluding steroid dienone is 6. The van der Waals surface area contributed by atoms with Gasteiger partial charge in [0.2, 0.25) is 5.91 Å². The first kappa shape index (κ1) is 25.8.